The summed E-state index contributed by atoms with van der Waals surface area (Å²) in [6.07, 6.45) is 0. The molecular formula is C18H24N2. The Labute approximate surface area is 122 Å². The third-order valence-corrected chi connectivity index (χ3v) is 3.93. The predicted octanol–water partition coefficient (Wildman–Crippen LogP) is 3.47. The van der Waals surface area contributed by atoms with Crippen molar-refractivity contribution in [3.05, 3.63) is 71.8 Å². The second-order valence-electron chi connectivity index (χ2n) is 5.40. The van der Waals surface area contributed by atoms with Crippen molar-refractivity contribution in [1.29, 1.82) is 0 Å². The van der Waals surface area contributed by atoms with Gasteiger partial charge in [-0.05, 0) is 24.0 Å². The van der Waals surface area contributed by atoms with Crippen molar-refractivity contribution in [1.82, 2.24) is 5.32 Å². The van der Waals surface area contributed by atoms with E-state index in [-0.39, 0.29) is 6.04 Å². The van der Waals surface area contributed by atoms with Crippen LogP contribution in [0.1, 0.15) is 36.9 Å². The summed E-state index contributed by atoms with van der Waals surface area (Å²) >= 11 is 0. The lowest BCUT2D eigenvalue weighted by Crippen LogP contribution is -2.38. The first kappa shape index (κ1) is 14.8. The van der Waals surface area contributed by atoms with Gasteiger partial charge in [0.1, 0.15) is 0 Å². The van der Waals surface area contributed by atoms with E-state index in [9.17, 15) is 0 Å². The fraction of sp³-hybridized carbons (Fsp3) is 0.333. The van der Waals surface area contributed by atoms with Crippen LogP contribution in [0, 0.1) is 0 Å². The minimum absolute atomic E-state index is 0.114. The van der Waals surface area contributed by atoms with Crippen LogP contribution in [0.2, 0.25) is 0 Å². The summed E-state index contributed by atoms with van der Waals surface area (Å²) in [5.74, 6) is 0.353. The molecule has 0 aliphatic rings. The molecule has 0 spiro atoms. The molecule has 0 saturated heterocycles. The van der Waals surface area contributed by atoms with E-state index in [4.69, 9.17) is 5.73 Å². The second kappa shape index (κ2) is 7.22. The molecule has 2 rings (SSSR count). The van der Waals surface area contributed by atoms with E-state index >= 15 is 0 Å². The highest BCUT2D eigenvalue weighted by atomic mass is 14.9. The molecule has 106 valence electrons. The standard InChI is InChI=1S/C18H24N2/c1-14(16-9-5-3-6-10-16)18(19)13-20-15(2)17-11-7-4-8-12-17/h3-12,14-15,18,20H,13,19H2,1-2H3. The van der Waals surface area contributed by atoms with Crippen LogP contribution in [0.3, 0.4) is 0 Å². The van der Waals surface area contributed by atoms with E-state index in [1.165, 1.54) is 11.1 Å². The molecule has 0 aliphatic carbocycles. The fourth-order valence-corrected chi connectivity index (χ4v) is 2.35. The van der Waals surface area contributed by atoms with Crippen LogP contribution >= 0.6 is 0 Å². The number of benzene rings is 2. The van der Waals surface area contributed by atoms with Crippen molar-refractivity contribution in [3.63, 3.8) is 0 Å². The van der Waals surface area contributed by atoms with Gasteiger partial charge in [-0.25, -0.2) is 0 Å². The molecule has 0 bridgehead atoms. The first-order chi connectivity index (χ1) is 9.68. The summed E-state index contributed by atoms with van der Waals surface area (Å²) in [7, 11) is 0. The van der Waals surface area contributed by atoms with Crippen molar-refractivity contribution >= 4 is 0 Å². The maximum atomic E-state index is 6.31. The molecule has 3 N–H and O–H groups in total. The summed E-state index contributed by atoms with van der Waals surface area (Å²) in [6, 6.07) is 21.4. The Balaban J connectivity index is 1.87. The molecule has 0 aromatic heterocycles. The molecule has 3 unspecified atom stereocenters. The Hall–Kier alpha value is -1.64. The Kier molecular flexibility index (Phi) is 5.33. The number of nitrogens with two attached hydrogens (primary N) is 1. The second-order valence-corrected chi connectivity index (χ2v) is 5.40. The first-order valence-electron chi connectivity index (χ1n) is 7.27. The van der Waals surface area contributed by atoms with Crippen LogP contribution in [-0.2, 0) is 0 Å². The number of hydrogen-bond acceptors (Lipinski definition) is 2. The Bertz CT molecular complexity index is 495. The maximum absolute atomic E-state index is 6.31. The van der Waals surface area contributed by atoms with Gasteiger partial charge in [-0.1, -0.05) is 67.6 Å². The van der Waals surface area contributed by atoms with Crippen LogP contribution in [-0.4, -0.2) is 12.6 Å². The van der Waals surface area contributed by atoms with Gasteiger partial charge in [0, 0.05) is 18.6 Å². The van der Waals surface area contributed by atoms with E-state index in [1.807, 2.05) is 12.1 Å². The zero-order valence-electron chi connectivity index (χ0n) is 12.3. The topological polar surface area (TPSA) is 38.0 Å². The normalized spacial score (nSPS) is 15.6. The molecule has 0 amide bonds. The van der Waals surface area contributed by atoms with E-state index in [0.29, 0.717) is 12.0 Å². The lowest BCUT2D eigenvalue weighted by Gasteiger charge is -2.23. The molecule has 20 heavy (non-hydrogen) atoms. The van der Waals surface area contributed by atoms with E-state index < -0.39 is 0 Å². The summed E-state index contributed by atoms with van der Waals surface area (Å²) in [5.41, 5.74) is 8.91. The zero-order chi connectivity index (χ0) is 14.4. The lowest BCUT2D eigenvalue weighted by atomic mass is 9.93. The minimum atomic E-state index is 0.114. The Morgan fingerprint density at radius 2 is 1.35 bits per heavy atom. The average molecular weight is 268 g/mol. The van der Waals surface area contributed by atoms with Gasteiger partial charge in [0.25, 0.3) is 0 Å². The molecule has 2 heteroatoms. The van der Waals surface area contributed by atoms with Gasteiger partial charge in [-0.15, -0.1) is 0 Å². The van der Waals surface area contributed by atoms with Gasteiger partial charge in [0.2, 0.25) is 0 Å². The van der Waals surface area contributed by atoms with Crippen molar-refractivity contribution in [3.8, 4) is 0 Å². The number of nitrogens with one attached hydrogen (secondary N) is 1. The average Bonchev–Trinajstić information content (AvgIpc) is 2.53. The monoisotopic (exact) mass is 268 g/mol. The quantitative estimate of drug-likeness (QED) is 0.842. The SMILES string of the molecule is CC(NCC(N)C(C)c1ccccc1)c1ccccc1. The summed E-state index contributed by atoms with van der Waals surface area (Å²) < 4.78 is 0. The fourth-order valence-electron chi connectivity index (χ4n) is 2.35. The molecule has 2 aromatic rings. The molecule has 0 saturated carbocycles. The number of rotatable bonds is 6. The molecule has 0 fully saturated rings. The van der Waals surface area contributed by atoms with Crippen molar-refractivity contribution in [2.75, 3.05) is 6.54 Å². The van der Waals surface area contributed by atoms with Crippen LogP contribution in [0.15, 0.2) is 60.7 Å². The van der Waals surface area contributed by atoms with Gasteiger partial charge >= 0.3 is 0 Å². The third-order valence-electron chi connectivity index (χ3n) is 3.93. The van der Waals surface area contributed by atoms with E-state index in [1.54, 1.807) is 0 Å². The summed E-state index contributed by atoms with van der Waals surface area (Å²) in [6.45, 7) is 5.18. The highest BCUT2D eigenvalue weighted by molar-refractivity contribution is 5.21. The largest absolute Gasteiger partial charge is 0.326 e. The molecule has 3 atom stereocenters. The van der Waals surface area contributed by atoms with Gasteiger partial charge in [0.05, 0.1) is 0 Å². The van der Waals surface area contributed by atoms with Crippen LogP contribution in [0.25, 0.3) is 0 Å². The summed E-state index contributed by atoms with van der Waals surface area (Å²) in [4.78, 5) is 0. The predicted molar refractivity (Wildman–Crippen MR) is 85.7 cm³/mol. The smallest absolute Gasteiger partial charge is 0.0292 e. The van der Waals surface area contributed by atoms with Gasteiger partial charge < -0.3 is 11.1 Å². The highest BCUT2D eigenvalue weighted by Crippen LogP contribution is 2.18. The van der Waals surface area contributed by atoms with Crippen LogP contribution < -0.4 is 11.1 Å². The van der Waals surface area contributed by atoms with Gasteiger partial charge in [0.15, 0.2) is 0 Å². The molecule has 0 heterocycles. The molecule has 2 aromatic carbocycles. The third kappa shape index (κ3) is 3.92. The lowest BCUT2D eigenvalue weighted by molar-refractivity contribution is 0.475. The molecule has 0 aliphatic heterocycles. The zero-order valence-corrected chi connectivity index (χ0v) is 12.3. The van der Waals surface area contributed by atoms with Crippen LogP contribution in [0.4, 0.5) is 0 Å². The van der Waals surface area contributed by atoms with Gasteiger partial charge in [-0.2, -0.15) is 0 Å². The van der Waals surface area contributed by atoms with E-state index in [0.717, 1.165) is 6.54 Å². The maximum Gasteiger partial charge on any atom is 0.0292 e. The van der Waals surface area contributed by atoms with E-state index in [2.05, 4.69) is 67.7 Å². The first-order valence-corrected chi connectivity index (χ1v) is 7.27. The molecule has 0 radical (unpaired) electrons. The Morgan fingerprint density at radius 1 is 0.850 bits per heavy atom. The summed E-state index contributed by atoms with van der Waals surface area (Å²) in [5, 5.41) is 3.52. The molecule has 2 nitrogen and oxygen atoms in total. The van der Waals surface area contributed by atoms with Crippen molar-refractivity contribution in [2.45, 2.75) is 31.8 Å². The van der Waals surface area contributed by atoms with Crippen molar-refractivity contribution in [2.24, 2.45) is 5.73 Å². The van der Waals surface area contributed by atoms with Crippen molar-refractivity contribution < 1.29 is 0 Å². The highest BCUT2D eigenvalue weighted by Gasteiger charge is 2.15. The minimum Gasteiger partial charge on any atom is -0.326 e. The van der Waals surface area contributed by atoms with Crippen LogP contribution in [0.5, 0.6) is 0 Å². The Morgan fingerprint density at radius 3 is 1.90 bits per heavy atom. The van der Waals surface area contributed by atoms with Gasteiger partial charge in [-0.3, -0.25) is 0 Å². The molecular weight excluding hydrogens is 244 g/mol. The number of hydrogen-bond donors (Lipinski definition) is 2.